The molecule has 1 aliphatic heterocycles. The fourth-order valence-electron chi connectivity index (χ4n) is 2.87. The number of rotatable bonds is 2. The van der Waals surface area contributed by atoms with Gasteiger partial charge in [-0.25, -0.2) is 0 Å². The van der Waals surface area contributed by atoms with E-state index in [1.54, 1.807) is 7.11 Å². The number of morpholine rings is 1. The fourth-order valence-corrected chi connectivity index (χ4v) is 2.87. The summed E-state index contributed by atoms with van der Waals surface area (Å²) in [7, 11) is 1.64. The number of fused-ring (bicyclic) bond motifs is 1. The van der Waals surface area contributed by atoms with Crippen LogP contribution in [0.1, 0.15) is 24.3 Å². The molecule has 0 saturated carbocycles. The second-order valence-corrected chi connectivity index (χ2v) is 5.60. The minimum atomic E-state index is 0.0205. The Kier molecular flexibility index (Phi) is 3.59. The van der Waals surface area contributed by atoms with Crippen LogP contribution in [-0.2, 0) is 4.74 Å². The van der Waals surface area contributed by atoms with Crippen molar-refractivity contribution in [2.45, 2.75) is 26.1 Å². The molecule has 2 heterocycles. The van der Waals surface area contributed by atoms with E-state index in [9.17, 15) is 4.79 Å². The van der Waals surface area contributed by atoms with Crippen molar-refractivity contribution in [3.05, 3.63) is 30.0 Å². The first-order valence-electron chi connectivity index (χ1n) is 7.18. The van der Waals surface area contributed by atoms with Crippen molar-refractivity contribution in [2.75, 3.05) is 20.2 Å². The summed E-state index contributed by atoms with van der Waals surface area (Å²) in [6.45, 7) is 5.24. The molecule has 2 aromatic rings. The molecule has 1 amide bonds. The zero-order valence-corrected chi connectivity index (χ0v) is 12.6. The molecule has 1 aromatic carbocycles. The Morgan fingerprint density at radius 3 is 2.67 bits per heavy atom. The van der Waals surface area contributed by atoms with Gasteiger partial charge in [0.2, 0.25) is 0 Å². The molecule has 0 bridgehead atoms. The molecular formula is C16H20N2O3. The number of carbonyl (C=O) groups excluding carboxylic acids is 1. The summed E-state index contributed by atoms with van der Waals surface area (Å²) < 4.78 is 10.9. The number of benzene rings is 1. The van der Waals surface area contributed by atoms with Crippen molar-refractivity contribution < 1.29 is 14.3 Å². The molecule has 3 rings (SSSR count). The Balaban J connectivity index is 1.87. The number of H-pyrrole nitrogens is 1. The summed E-state index contributed by atoms with van der Waals surface area (Å²) >= 11 is 0. The molecule has 21 heavy (non-hydrogen) atoms. The monoisotopic (exact) mass is 288 g/mol. The van der Waals surface area contributed by atoms with Gasteiger partial charge in [0.1, 0.15) is 11.4 Å². The van der Waals surface area contributed by atoms with Gasteiger partial charge in [-0.05, 0) is 38.1 Å². The van der Waals surface area contributed by atoms with Crippen LogP contribution in [0.4, 0.5) is 0 Å². The minimum Gasteiger partial charge on any atom is -0.497 e. The number of aromatic nitrogens is 1. The van der Waals surface area contributed by atoms with Crippen molar-refractivity contribution in [3.63, 3.8) is 0 Å². The number of hydrogen-bond donors (Lipinski definition) is 1. The Morgan fingerprint density at radius 2 is 2.00 bits per heavy atom. The van der Waals surface area contributed by atoms with Gasteiger partial charge >= 0.3 is 0 Å². The second-order valence-electron chi connectivity index (χ2n) is 5.60. The number of amides is 1. The normalized spacial score (nSPS) is 22.5. The first-order chi connectivity index (χ1) is 10.1. The summed E-state index contributed by atoms with van der Waals surface area (Å²) in [4.78, 5) is 17.7. The average Bonchev–Trinajstić information content (AvgIpc) is 2.88. The number of carbonyl (C=O) groups is 1. The lowest BCUT2D eigenvalue weighted by molar-refractivity contribution is -0.0587. The van der Waals surface area contributed by atoms with Crippen LogP contribution in [0.3, 0.4) is 0 Å². The molecule has 5 heteroatoms. The summed E-state index contributed by atoms with van der Waals surface area (Å²) in [6.07, 6.45) is 0.143. The number of aromatic amines is 1. The molecular weight excluding hydrogens is 268 g/mol. The lowest BCUT2D eigenvalue weighted by Gasteiger charge is -2.35. The summed E-state index contributed by atoms with van der Waals surface area (Å²) in [5.41, 5.74) is 1.55. The predicted molar refractivity (Wildman–Crippen MR) is 80.8 cm³/mol. The third kappa shape index (κ3) is 2.74. The molecule has 2 unspecified atom stereocenters. The molecule has 0 spiro atoms. The zero-order valence-electron chi connectivity index (χ0n) is 12.6. The topological polar surface area (TPSA) is 54.6 Å². The van der Waals surface area contributed by atoms with E-state index in [1.807, 2.05) is 43.0 Å². The molecule has 5 nitrogen and oxygen atoms in total. The van der Waals surface area contributed by atoms with E-state index in [2.05, 4.69) is 4.98 Å². The molecule has 1 fully saturated rings. The molecule has 1 saturated heterocycles. The smallest absolute Gasteiger partial charge is 0.270 e. The van der Waals surface area contributed by atoms with Gasteiger partial charge in [-0.15, -0.1) is 0 Å². The van der Waals surface area contributed by atoms with Crippen LogP contribution in [0.5, 0.6) is 5.75 Å². The van der Waals surface area contributed by atoms with Crippen molar-refractivity contribution in [1.82, 2.24) is 9.88 Å². The molecule has 0 radical (unpaired) electrons. The summed E-state index contributed by atoms with van der Waals surface area (Å²) in [6, 6.07) is 7.61. The SMILES string of the molecule is COc1ccc2[nH]c(C(=O)N3CC(C)OC(C)C3)cc2c1. The average molecular weight is 288 g/mol. The van der Waals surface area contributed by atoms with Gasteiger partial charge in [-0.1, -0.05) is 0 Å². The fraction of sp³-hybridized carbons (Fsp3) is 0.438. The molecule has 1 N–H and O–H groups in total. The quantitative estimate of drug-likeness (QED) is 0.923. The van der Waals surface area contributed by atoms with Crippen LogP contribution in [-0.4, -0.2) is 48.2 Å². The van der Waals surface area contributed by atoms with Crippen LogP contribution in [0.15, 0.2) is 24.3 Å². The minimum absolute atomic E-state index is 0.0205. The maximum atomic E-state index is 12.6. The van der Waals surface area contributed by atoms with Crippen LogP contribution in [0.25, 0.3) is 10.9 Å². The van der Waals surface area contributed by atoms with E-state index >= 15 is 0 Å². The van der Waals surface area contributed by atoms with Crippen molar-refractivity contribution >= 4 is 16.8 Å². The van der Waals surface area contributed by atoms with Crippen LogP contribution >= 0.6 is 0 Å². The van der Waals surface area contributed by atoms with Gasteiger partial charge in [0, 0.05) is 24.0 Å². The van der Waals surface area contributed by atoms with Gasteiger partial charge in [0.25, 0.3) is 5.91 Å². The van der Waals surface area contributed by atoms with E-state index in [0.29, 0.717) is 18.8 Å². The van der Waals surface area contributed by atoms with Crippen LogP contribution < -0.4 is 4.74 Å². The Hall–Kier alpha value is -2.01. The number of hydrogen-bond acceptors (Lipinski definition) is 3. The standard InChI is InChI=1S/C16H20N2O3/c1-10-8-18(9-11(2)21-10)16(19)15-7-12-6-13(20-3)4-5-14(12)17-15/h4-7,10-11,17H,8-9H2,1-3H3. The largest absolute Gasteiger partial charge is 0.497 e. The number of methoxy groups -OCH3 is 1. The first-order valence-corrected chi connectivity index (χ1v) is 7.18. The van der Waals surface area contributed by atoms with E-state index in [0.717, 1.165) is 16.7 Å². The Bertz CT molecular complexity index is 655. The Labute approximate surface area is 123 Å². The number of nitrogens with one attached hydrogen (secondary N) is 1. The van der Waals surface area contributed by atoms with Crippen LogP contribution in [0, 0.1) is 0 Å². The maximum Gasteiger partial charge on any atom is 0.270 e. The van der Waals surface area contributed by atoms with E-state index < -0.39 is 0 Å². The first kappa shape index (κ1) is 13.9. The van der Waals surface area contributed by atoms with E-state index in [-0.39, 0.29) is 18.1 Å². The van der Waals surface area contributed by atoms with E-state index in [4.69, 9.17) is 9.47 Å². The molecule has 1 aliphatic rings. The van der Waals surface area contributed by atoms with Gasteiger partial charge in [-0.2, -0.15) is 0 Å². The molecule has 2 atom stereocenters. The summed E-state index contributed by atoms with van der Waals surface area (Å²) in [5.74, 6) is 0.807. The van der Waals surface area contributed by atoms with E-state index in [1.165, 1.54) is 0 Å². The van der Waals surface area contributed by atoms with Gasteiger partial charge in [-0.3, -0.25) is 4.79 Å². The lowest BCUT2D eigenvalue weighted by atomic mass is 10.2. The number of ether oxygens (including phenoxy) is 2. The predicted octanol–water partition coefficient (Wildman–Crippen LogP) is 2.43. The molecule has 112 valence electrons. The molecule has 0 aliphatic carbocycles. The molecule has 1 aromatic heterocycles. The van der Waals surface area contributed by atoms with Gasteiger partial charge in [0.15, 0.2) is 0 Å². The highest BCUT2D eigenvalue weighted by Gasteiger charge is 2.27. The van der Waals surface area contributed by atoms with Crippen LogP contribution in [0.2, 0.25) is 0 Å². The highest BCUT2D eigenvalue weighted by molar-refractivity contribution is 5.98. The summed E-state index contributed by atoms with van der Waals surface area (Å²) in [5, 5.41) is 0.979. The lowest BCUT2D eigenvalue weighted by Crippen LogP contribution is -2.48. The number of nitrogens with zero attached hydrogens (tertiary/aromatic N) is 1. The van der Waals surface area contributed by atoms with Crippen molar-refractivity contribution in [3.8, 4) is 5.75 Å². The van der Waals surface area contributed by atoms with Crippen molar-refractivity contribution in [1.29, 1.82) is 0 Å². The Morgan fingerprint density at radius 1 is 1.29 bits per heavy atom. The van der Waals surface area contributed by atoms with Gasteiger partial charge < -0.3 is 19.4 Å². The zero-order chi connectivity index (χ0) is 15.0. The highest BCUT2D eigenvalue weighted by atomic mass is 16.5. The second kappa shape index (κ2) is 5.41. The third-order valence-electron chi connectivity index (χ3n) is 3.77. The third-order valence-corrected chi connectivity index (χ3v) is 3.77. The van der Waals surface area contributed by atoms with Crippen molar-refractivity contribution in [2.24, 2.45) is 0 Å². The van der Waals surface area contributed by atoms with Gasteiger partial charge in [0.05, 0.1) is 19.3 Å². The highest BCUT2D eigenvalue weighted by Crippen LogP contribution is 2.23. The maximum absolute atomic E-state index is 12.6.